The van der Waals surface area contributed by atoms with E-state index in [4.69, 9.17) is 0 Å². The molecule has 0 aliphatic heterocycles. The summed E-state index contributed by atoms with van der Waals surface area (Å²) in [6, 6.07) is 6.80. The average Bonchev–Trinajstić information content (AvgIpc) is 2.15. The van der Waals surface area contributed by atoms with Gasteiger partial charge in [0.1, 0.15) is 5.82 Å². The second-order valence-electron chi connectivity index (χ2n) is 3.60. The number of benzene rings is 1. The summed E-state index contributed by atoms with van der Waals surface area (Å²) in [4.78, 5) is 2.62. The van der Waals surface area contributed by atoms with Crippen LogP contribution in [0.5, 0.6) is 0 Å². The third-order valence-electron chi connectivity index (χ3n) is 1.80. The third-order valence-corrected chi connectivity index (χ3v) is 3.27. The van der Waals surface area contributed by atoms with Gasteiger partial charge in [-0.3, -0.25) is 9.48 Å². The molecule has 1 aromatic rings. The molecule has 0 atom stereocenters. The van der Waals surface area contributed by atoms with Crippen molar-refractivity contribution in [3.8, 4) is 0 Å². The molecule has 1 rings (SSSR count). The van der Waals surface area contributed by atoms with Crippen LogP contribution in [0.2, 0.25) is 0 Å². The quantitative estimate of drug-likeness (QED) is 0.212. The van der Waals surface area contributed by atoms with Crippen molar-refractivity contribution in [1.29, 1.82) is 0 Å². The first-order valence-corrected chi connectivity index (χ1v) is 5.48. The standard InChI is InChI=1S/C11H16FN2S.HI/c1-13(2)11(14(3)4)15-10-8-6-5-7-9(10)12;/h5-8H,1-4H3;1H/q+1;/p-1. The summed E-state index contributed by atoms with van der Waals surface area (Å²) < 4.78 is 15.4. The smallest absolute Gasteiger partial charge is 0.312 e. The number of thioether (sulfide) groups is 1. The zero-order valence-corrected chi connectivity index (χ0v) is 12.8. The van der Waals surface area contributed by atoms with E-state index >= 15 is 0 Å². The van der Waals surface area contributed by atoms with E-state index in [0.717, 1.165) is 5.17 Å². The molecule has 0 aromatic heterocycles. The van der Waals surface area contributed by atoms with Gasteiger partial charge < -0.3 is 24.0 Å². The first kappa shape index (κ1) is 15.7. The van der Waals surface area contributed by atoms with E-state index in [1.54, 1.807) is 12.1 Å². The molecule has 0 fully saturated rings. The van der Waals surface area contributed by atoms with E-state index in [2.05, 4.69) is 0 Å². The van der Waals surface area contributed by atoms with Crippen molar-refractivity contribution in [2.24, 2.45) is 0 Å². The molecule has 0 spiro atoms. The topological polar surface area (TPSA) is 6.25 Å². The van der Waals surface area contributed by atoms with Crippen molar-refractivity contribution in [3.05, 3.63) is 30.1 Å². The maximum Gasteiger partial charge on any atom is 0.312 e. The fourth-order valence-corrected chi connectivity index (χ4v) is 2.08. The zero-order chi connectivity index (χ0) is 11.4. The average molecular weight is 354 g/mol. The third kappa shape index (κ3) is 4.29. The molecule has 0 unspecified atom stereocenters. The Balaban J connectivity index is 0.00000225. The molecule has 0 aliphatic carbocycles. The summed E-state index contributed by atoms with van der Waals surface area (Å²) in [5, 5.41) is 1.00. The number of rotatable bonds is 1. The molecule has 90 valence electrons. The lowest BCUT2D eigenvalue weighted by molar-refractivity contribution is -0.466. The molecule has 0 amide bonds. The molecule has 0 heterocycles. The number of hydrogen-bond acceptors (Lipinski definition) is 1. The molecule has 0 aliphatic rings. The lowest BCUT2D eigenvalue weighted by Gasteiger charge is -2.10. The SMILES string of the molecule is CN(C)C(Sc1ccccc1F)=[N+](C)C.[I-]. The monoisotopic (exact) mass is 354 g/mol. The number of nitrogens with zero attached hydrogens (tertiary/aromatic N) is 2. The van der Waals surface area contributed by atoms with Gasteiger partial charge in [-0.2, -0.15) is 0 Å². The van der Waals surface area contributed by atoms with E-state index in [1.165, 1.54) is 17.8 Å². The van der Waals surface area contributed by atoms with Crippen LogP contribution in [0, 0.1) is 5.82 Å². The Labute approximate surface area is 118 Å². The van der Waals surface area contributed by atoms with Crippen molar-refractivity contribution >= 4 is 16.9 Å². The van der Waals surface area contributed by atoms with E-state index in [-0.39, 0.29) is 29.8 Å². The van der Waals surface area contributed by atoms with Crippen molar-refractivity contribution in [2.45, 2.75) is 4.90 Å². The van der Waals surface area contributed by atoms with Gasteiger partial charge in [-0.25, -0.2) is 4.39 Å². The molecule has 1 aromatic carbocycles. The van der Waals surface area contributed by atoms with Crippen LogP contribution in [0.15, 0.2) is 29.2 Å². The van der Waals surface area contributed by atoms with Gasteiger partial charge in [0.15, 0.2) is 0 Å². The van der Waals surface area contributed by atoms with E-state index in [0.29, 0.717) is 4.90 Å². The second-order valence-corrected chi connectivity index (χ2v) is 4.61. The van der Waals surface area contributed by atoms with Gasteiger partial charge >= 0.3 is 5.17 Å². The minimum absolute atomic E-state index is 0. The van der Waals surface area contributed by atoms with E-state index in [9.17, 15) is 4.39 Å². The van der Waals surface area contributed by atoms with Crippen LogP contribution in [0.1, 0.15) is 0 Å². The zero-order valence-electron chi connectivity index (χ0n) is 9.87. The van der Waals surface area contributed by atoms with Crippen LogP contribution >= 0.6 is 11.8 Å². The highest BCUT2D eigenvalue weighted by molar-refractivity contribution is 8.13. The van der Waals surface area contributed by atoms with Crippen molar-refractivity contribution in [2.75, 3.05) is 28.2 Å². The minimum atomic E-state index is -0.177. The number of halogens is 2. The van der Waals surface area contributed by atoms with Gasteiger partial charge in [0.05, 0.1) is 33.1 Å². The maximum atomic E-state index is 13.4. The molecule has 5 heteroatoms. The highest BCUT2D eigenvalue weighted by Gasteiger charge is 2.15. The second kappa shape index (κ2) is 7.11. The van der Waals surface area contributed by atoms with Crippen molar-refractivity contribution < 1.29 is 32.9 Å². The highest BCUT2D eigenvalue weighted by Crippen LogP contribution is 2.22. The fourth-order valence-electron chi connectivity index (χ4n) is 1.21. The van der Waals surface area contributed by atoms with Crippen LogP contribution in [0.3, 0.4) is 0 Å². The normalized spacial score (nSPS) is 9.31. The summed E-state index contributed by atoms with van der Waals surface area (Å²) in [5.41, 5.74) is 0. The van der Waals surface area contributed by atoms with Gasteiger partial charge in [0.2, 0.25) is 0 Å². The molecule has 0 saturated carbocycles. The fraction of sp³-hybridized carbons (Fsp3) is 0.364. The lowest BCUT2D eigenvalue weighted by Crippen LogP contribution is -3.00. The van der Waals surface area contributed by atoms with Gasteiger partial charge in [-0.15, -0.1) is 0 Å². The van der Waals surface area contributed by atoms with Gasteiger partial charge in [0, 0.05) is 11.8 Å². The molecule has 0 N–H and O–H groups in total. The predicted molar refractivity (Wildman–Crippen MR) is 63.1 cm³/mol. The first-order valence-electron chi connectivity index (χ1n) is 4.66. The summed E-state index contributed by atoms with van der Waals surface area (Å²) in [5.74, 6) is -0.177. The Kier molecular flexibility index (Phi) is 6.98. The summed E-state index contributed by atoms with van der Waals surface area (Å²) in [6.45, 7) is 0. The first-order chi connectivity index (χ1) is 7.02. The Morgan fingerprint density at radius 3 is 2.25 bits per heavy atom. The van der Waals surface area contributed by atoms with Crippen molar-refractivity contribution in [3.63, 3.8) is 0 Å². The van der Waals surface area contributed by atoms with Crippen LogP contribution in [0.4, 0.5) is 4.39 Å². The highest BCUT2D eigenvalue weighted by atomic mass is 127. The minimum Gasteiger partial charge on any atom is -1.00 e. The van der Waals surface area contributed by atoms with Gasteiger partial charge in [-0.1, -0.05) is 12.1 Å². The summed E-state index contributed by atoms with van der Waals surface area (Å²) >= 11 is 1.43. The Morgan fingerprint density at radius 2 is 1.81 bits per heavy atom. The summed E-state index contributed by atoms with van der Waals surface area (Å²) in [7, 11) is 7.79. The molecular formula is C11H16FIN2S. The molecular weight excluding hydrogens is 338 g/mol. The van der Waals surface area contributed by atoms with Gasteiger partial charge in [0.25, 0.3) is 0 Å². The van der Waals surface area contributed by atoms with Crippen LogP contribution in [-0.4, -0.2) is 42.8 Å². The Hall–Kier alpha value is -0.300. The van der Waals surface area contributed by atoms with Crippen molar-refractivity contribution in [1.82, 2.24) is 4.90 Å². The van der Waals surface area contributed by atoms with E-state index < -0.39 is 0 Å². The predicted octanol–water partition coefficient (Wildman–Crippen LogP) is -0.888. The van der Waals surface area contributed by atoms with Crippen LogP contribution in [-0.2, 0) is 0 Å². The molecule has 16 heavy (non-hydrogen) atoms. The number of amidine groups is 1. The lowest BCUT2D eigenvalue weighted by atomic mass is 10.3. The van der Waals surface area contributed by atoms with E-state index in [1.807, 2.05) is 43.7 Å². The Morgan fingerprint density at radius 1 is 1.25 bits per heavy atom. The molecule has 0 saturated heterocycles. The van der Waals surface area contributed by atoms with Gasteiger partial charge in [-0.05, 0) is 12.1 Å². The largest absolute Gasteiger partial charge is 1.00 e. The maximum absolute atomic E-state index is 13.4. The Bertz CT molecular complexity index is 376. The number of hydrogen-bond donors (Lipinski definition) is 0. The molecule has 0 bridgehead atoms. The molecule has 2 nitrogen and oxygen atoms in total. The van der Waals surface area contributed by atoms with Crippen LogP contribution < -0.4 is 24.0 Å². The molecule has 0 radical (unpaired) electrons. The summed E-state index contributed by atoms with van der Waals surface area (Å²) in [6.07, 6.45) is 0. The van der Waals surface area contributed by atoms with Crippen LogP contribution in [0.25, 0.3) is 0 Å².